The Labute approximate surface area is 118 Å². The molecule has 1 fully saturated rings. The lowest BCUT2D eigenvalue weighted by Crippen LogP contribution is -2.37. The summed E-state index contributed by atoms with van der Waals surface area (Å²) < 4.78 is 5.62. The number of rotatable bonds is 5. The highest BCUT2D eigenvalue weighted by atomic mass is 16.3. The second-order valence-electron chi connectivity index (χ2n) is 5.72. The highest BCUT2D eigenvalue weighted by Crippen LogP contribution is 2.29. The molecule has 0 spiro atoms. The van der Waals surface area contributed by atoms with Crippen molar-refractivity contribution in [3.63, 3.8) is 0 Å². The van der Waals surface area contributed by atoms with E-state index in [0.717, 1.165) is 48.5 Å². The van der Waals surface area contributed by atoms with Gasteiger partial charge in [-0.3, -0.25) is 5.10 Å². The molecule has 2 aromatic rings. The molecule has 1 aliphatic carbocycles. The minimum Gasteiger partial charge on any atom is -0.460 e. The Bertz CT molecular complexity index is 567. The van der Waals surface area contributed by atoms with E-state index >= 15 is 0 Å². The zero-order valence-electron chi connectivity index (χ0n) is 11.8. The van der Waals surface area contributed by atoms with E-state index in [4.69, 9.17) is 4.42 Å². The van der Waals surface area contributed by atoms with Crippen LogP contribution in [-0.2, 0) is 6.54 Å². The van der Waals surface area contributed by atoms with Crippen LogP contribution in [0.3, 0.4) is 0 Å². The Balaban J connectivity index is 1.62. The number of aromatic nitrogens is 2. The van der Waals surface area contributed by atoms with Crippen molar-refractivity contribution in [3.8, 4) is 11.5 Å². The van der Waals surface area contributed by atoms with Crippen LogP contribution in [0, 0.1) is 6.92 Å². The van der Waals surface area contributed by atoms with Crippen molar-refractivity contribution in [2.75, 3.05) is 6.54 Å². The fourth-order valence-electron chi connectivity index (χ4n) is 2.87. The predicted octanol–water partition coefficient (Wildman–Crippen LogP) is 2.37. The Kier molecular flexibility index (Phi) is 3.63. The lowest BCUT2D eigenvalue weighted by atomic mass is 10.0. The van der Waals surface area contributed by atoms with Gasteiger partial charge in [-0.25, -0.2) is 0 Å². The van der Waals surface area contributed by atoms with Gasteiger partial charge in [-0.15, -0.1) is 0 Å². The molecule has 2 aromatic heterocycles. The fourth-order valence-corrected chi connectivity index (χ4v) is 2.87. The van der Waals surface area contributed by atoms with E-state index in [9.17, 15) is 5.11 Å². The second kappa shape index (κ2) is 5.42. The summed E-state index contributed by atoms with van der Waals surface area (Å²) in [6.07, 6.45) is 5.85. The van der Waals surface area contributed by atoms with Gasteiger partial charge in [0.05, 0.1) is 11.8 Å². The topological polar surface area (TPSA) is 74.1 Å². The number of aryl methyl sites for hydroxylation is 1. The van der Waals surface area contributed by atoms with Gasteiger partial charge in [-0.05, 0) is 31.9 Å². The third-order valence-corrected chi connectivity index (χ3v) is 4.01. The first-order valence-corrected chi connectivity index (χ1v) is 7.18. The molecule has 20 heavy (non-hydrogen) atoms. The van der Waals surface area contributed by atoms with Gasteiger partial charge >= 0.3 is 0 Å². The molecule has 1 saturated carbocycles. The van der Waals surface area contributed by atoms with Gasteiger partial charge in [0, 0.05) is 18.7 Å². The standard InChI is InChI=1S/C15H21N3O2/c1-11-4-5-13(20-11)14-12(9-17-18-14)8-16-10-15(19)6-2-3-7-15/h4-5,9,16,19H,2-3,6-8,10H2,1H3,(H,17,18). The molecule has 3 rings (SSSR count). The highest BCUT2D eigenvalue weighted by molar-refractivity contribution is 5.56. The molecule has 0 unspecified atom stereocenters. The van der Waals surface area contributed by atoms with E-state index in [2.05, 4.69) is 15.5 Å². The van der Waals surface area contributed by atoms with Crippen molar-refractivity contribution < 1.29 is 9.52 Å². The van der Waals surface area contributed by atoms with Crippen molar-refractivity contribution >= 4 is 0 Å². The van der Waals surface area contributed by atoms with Crippen LogP contribution >= 0.6 is 0 Å². The molecular formula is C15H21N3O2. The number of nitrogens with one attached hydrogen (secondary N) is 2. The molecular weight excluding hydrogens is 254 g/mol. The van der Waals surface area contributed by atoms with Crippen LogP contribution in [0.5, 0.6) is 0 Å². The number of hydrogen-bond acceptors (Lipinski definition) is 4. The second-order valence-corrected chi connectivity index (χ2v) is 5.72. The number of H-pyrrole nitrogens is 1. The largest absolute Gasteiger partial charge is 0.460 e. The Morgan fingerprint density at radius 2 is 2.20 bits per heavy atom. The average Bonchev–Trinajstić information content (AvgIpc) is 3.11. The smallest absolute Gasteiger partial charge is 0.152 e. The summed E-state index contributed by atoms with van der Waals surface area (Å²) in [5.74, 6) is 1.69. The molecule has 0 bridgehead atoms. The zero-order valence-corrected chi connectivity index (χ0v) is 11.8. The zero-order chi connectivity index (χ0) is 14.0. The van der Waals surface area contributed by atoms with Gasteiger partial charge in [0.25, 0.3) is 0 Å². The number of hydrogen-bond donors (Lipinski definition) is 3. The molecule has 5 heteroatoms. The van der Waals surface area contributed by atoms with E-state index in [1.54, 1.807) is 6.20 Å². The van der Waals surface area contributed by atoms with Crippen molar-refractivity contribution in [1.29, 1.82) is 0 Å². The molecule has 0 saturated heterocycles. The van der Waals surface area contributed by atoms with Crippen LogP contribution in [0.4, 0.5) is 0 Å². The summed E-state index contributed by atoms with van der Waals surface area (Å²) in [5.41, 5.74) is 1.44. The lowest BCUT2D eigenvalue weighted by Gasteiger charge is -2.22. The van der Waals surface area contributed by atoms with Gasteiger partial charge in [-0.2, -0.15) is 5.10 Å². The lowest BCUT2D eigenvalue weighted by molar-refractivity contribution is 0.0475. The van der Waals surface area contributed by atoms with Crippen molar-refractivity contribution in [3.05, 3.63) is 29.7 Å². The van der Waals surface area contributed by atoms with Gasteiger partial charge in [0.1, 0.15) is 11.5 Å². The maximum Gasteiger partial charge on any atom is 0.152 e. The third kappa shape index (κ3) is 2.78. The van der Waals surface area contributed by atoms with E-state index in [-0.39, 0.29) is 0 Å². The summed E-state index contributed by atoms with van der Waals surface area (Å²) in [4.78, 5) is 0. The Hall–Kier alpha value is -1.59. The maximum atomic E-state index is 10.3. The molecule has 0 radical (unpaired) electrons. The van der Waals surface area contributed by atoms with Crippen LogP contribution in [0.25, 0.3) is 11.5 Å². The molecule has 108 valence electrons. The first-order chi connectivity index (χ1) is 9.66. The van der Waals surface area contributed by atoms with E-state index in [0.29, 0.717) is 13.1 Å². The predicted molar refractivity (Wildman–Crippen MR) is 76.2 cm³/mol. The minimum absolute atomic E-state index is 0.523. The van der Waals surface area contributed by atoms with Gasteiger partial charge in [-0.1, -0.05) is 12.8 Å². The van der Waals surface area contributed by atoms with Gasteiger partial charge in [0.2, 0.25) is 0 Å². The van der Waals surface area contributed by atoms with Crippen LogP contribution in [0.2, 0.25) is 0 Å². The quantitative estimate of drug-likeness (QED) is 0.783. The van der Waals surface area contributed by atoms with Crippen LogP contribution < -0.4 is 5.32 Å². The highest BCUT2D eigenvalue weighted by Gasteiger charge is 2.30. The number of furan rings is 1. The Morgan fingerprint density at radius 3 is 2.90 bits per heavy atom. The molecule has 2 heterocycles. The normalized spacial score (nSPS) is 17.7. The number of aromatic amines is 1. The number of aliphatic hydroxyl groups is 1. The molecule has 0 aromatic carbocycles. The average molecular weight is 275 g/mol. The summed E-state index contributed by atoms with van der Waals surface area (Å²) in [6, 6.07) is 3.88. The molecule has 3 N–H and O–H groups in total. The van der Waals surface area contributed by atoms with Crippen LogP contribution in [-0.4, -0.2) is 27.4 Å². The molecule has 5 nitrogen and oxygen atoms in total. The minimum atomic E-state index is -0.523. The van der Waals surface area contributed by atoms with Gasteiger partial charge in [0.15, 0.2) is 5.76 Å². The molecule has 0 aliphatic heterocycles. The SMILES string of the molecule is Cc1ccc(-c2[nH]ncc2CNCC2(O)CCCC2)o1. The van der Waals surface area contributed by atoms with Crippen molar-refractivity contribution in [1.82, 2.24) is 15.5 Å². The summed E-state index contributed by atoms with van der Waals surface area (Å²) in [5, 5.41) is 20.7. The van der Waals surface area contributed by atoms with E-state index in [1.807, 2.05) is 19.1 Å². The Morgan fingerprint density at radius 1 is 1.40 bits per heavy atom. The number of nitrogens with zero attached hydrogens (tertiary/aromatic N) is 1. The van der Waals surface area contributed by atoms with Crippen LogP contribution in [0.15, 0.2) is 22.7 Å². The van der Waals surface area contributed by atoms with E-state index < -0.39 is 5.60 Å². The van der Waals surface area contributed by atoms with Crippen LogP contribution in [0.1, 0.15) is 37.0 Å². The third-order valence-electron chi connectivity index (χ3n) is 4.01. The first kappa shape index (κ1) is 13.4. The fraction of sp³-hybridized carbons (Fsp3) is 0.533. The molecule has 1 aliphatic rings. The molecule has 0 amide bonds. The summed E-state index contributed by atoms with van der Waals surface area (Å²) in [6.45, 7) is 3.23. The van der Waals surface area contributed by atoms with E-state index in [1.165, 1.54) is 0 Å². The van der Waals surface area contributed by atoms with Crippen molar-refractivity contribution in [2.24, 2.45) is 0 Å². The maximum absolute atomic E-state index is 10.3. The summed E-state index contributed by atoms with van der Waals surface area (Å²) >= 11 is 0. The van der Waals surface area contributed by atoms with Gasteiger partial charge < -0.3 is 14.8 Å². The monoisotopic (exact) mass is 275 g/mol. The first-order valence-electron chi connectivity index (χ1n) is 7.18. The molecule has 0 atom stereocenters. The summed E-state index contributed by atoms with van der Waals surface area (Å²) in [7, 11) is 0. The van der Waals surface area contributed by atoms with Crippen molar-refractivity contribution in [2.45, 2.75) is 44.8 Å².